The molecule has 0 atom stereocenters. The molecule has 0 aromatic heterocycles. The third kappa shape index (κ3) is 2.52. The standard InChI is InChI=1S/C14H13FO3S/c15-10-4-3-9(13-14(10)19-6-5-18-13)12(17)7-11(16)8-1-2-8/h3-4,8H,1-2,5-7H2. The molecule has 0 radical (unpaired) electrons. The number of hydrogen-bond donors (Lipinski definition) is 0. The highest BCUT2D eigenvalue weighted by molar-refractivity contribution is 7.99. The minimum Gasteiger partial charge on any atom is -0.491 e. The largest absolute Gasteiger partial charge is 0.491 e. The summed E-state index contributed by atoms with van der Waals surface area (Å²) in [5, 5.41) is 0. The summed E-state index contributed by atoms with van der Waals surface area (Å²) in [5.74, 6) is 0.398. The Kier molecular flexibility index (Phi) is 3.31. The molecule has 1 aliphatic heterocycles. The summed E-state index contributed by atoms with van der Waals surface area (Å²) in [6.07, 6.45) is 1.68. The fourth-order valence-corrected chi connectivity index (χ4v) is 3.00. The van der Waals surface area contributed by atoms with E-state index in [-0.39, 0.29) is 29.7 Å². The quantitative estimate of drug-likeness (QED) is 0.628. The first-order valence-electron chi connectivity index (χ1n) is 6.31. The van der Waals surface area contributed by atoms with E-state index in [1.54, 1.807) is 0 Å². The second-order valence-electron chi connectivity index (χ2n) is 4.79. The van der Waals surface area contributed by atoms with Crippen molar-refractivity contribution in [2.75, 3.05) is 12.4 Å². The fraction of sp³-hybridized carbons (Fsp3) is 0.429. The van der Waals surface area contributed by atoms with Crippen LogP contribution in [0.3, 0.4) is 0 Å². The van der Waals surface area contributed by atoms with E-state index < -0.39 is 0 Å². The van der Waals surface area contributed by atoms with Gasteiger partial charge in [-0.1, -0.05) is 0 Å². The normalized spacial score (nSPS) is 17.5. The van der Waals surface area contributed by atoms with Gasteiger partial charge in [0, 0.05) is 11.7 Å². The SMILES string of the molecule is O=C(CC(=O)C1CC1)c1ccc(F)c2c1OCCS2. The molecule has 1 saturated carbocycles. The van der Waals surface area contributed by atoms with Crippen molar-refractivity contribution in [3.05, 3.63) is 23.5 Å². The van der Waals surface area contributed by atoms with Crippen molar-refractivity contribution in [2.45, 2.75) is 24.2 Å². The second-order valence-corrected chi connectivity index (χ2v) is 5.90. The van der Waals surface area contributed by atoms with Gasteiger partial charge >= 0.3 is 0 Å². The van der Waals surface area contributed by atoms with Crippen molar-refractivity contribution in [1.29, 1.82) is 0 Å². The van der Waals surface area contributed by atoms with Crippen LogP contribution in [0.25, 0.3) is 0 Å². The van der Waals surface area contributed by atoms with Crippen molar-refractivity contribution in [2.24, 2.45) is 5.92 Å². The molecular formula is C14H13FO3S. The number of Topliss-reactive ketones (excluding diaryl/α,β-unsaturated/α-hetero) is 2. The number of rotatable bonds is 4. The van der Waals surface area contributed by atoms with Gasteiger partial charge in [0.15, 0.2) is 5.78 Å². The monoisotopic (exact) mass is 280 g/mol. The Bertz CT molecular complexity index is 552. The average Bonchev–Trinajstić information content (AvgIpc) is 3.23. The number of hydrogen-bond acceptors (Lipinski definition) is 4. The van der Waals surface area contributed by atoms with Crippen LogP contribution in [0.1, 0.15) is 29.6 Å². The minimum absolute atomic E-state index is 0.00784. The lowest BCUT2D eigenvalue weighted by molar-refractivity contribution is -0.119. The van der Waals surface area contributed by atoms with Crippen LogP contribution in [0.15, 0.2) is 17.0 Å². The summed E-state index contributed by atoms with van der Waals surface area (Å²) in [4.78, 5) is 24.2. The van der Waals surface area contributed by atoms with E-state index >= 15 is 0 Å². The lowest BCUT2D eigenvalue weighted by atomic mass is 10.0. The maximum Gasteiger partial charge on any atom is 0.174 e. The lowest BCUT2D eigenvalue weighted by Crippen LogP contribution is -2.15. The molecule has 3 rings (SSSR count). The van der Waals surface area contributed by atoms with Gasteiger partial charge in [-0.2, -0.15) is 0 Å². The Balaban J connectivity index is 1.87. The van der Waals surface area contributed by atoms with Gasteiger partial charge in [0.1, 0.15) is 17.3 Å². The molecule has 1 heterocycles. The van der Waals surface area contributed by atoms with Crippen LogP contribution < -0.4 is 4.74 Å². The van der Waals surface area contributed by atoms with E-state index in [1.807, 2.05) is 0 Å². The molecule has 0 spiro atoms. The van der Waals surface area contributed by atoms with Crippen molar-refractivity contribution < 1.29 is 18.7 Å². The number of ketones is 2. The van der Waals surface area contributed by atoms with Crippen molar-refractivity contribution >= 4 is 23.3 Å². The minimum atomic E-state index is -0.371. The predicted molar refractivity (Wildman–Crippen MR) is 69.3 cm³/mol. The molecule has 0 N–H and O–H groups in total. The highest BCUT2D eigenvalue weighted by Gasteiger charge is 2.32. The number of thioether (sulfide) groups is 1. The smallest absolute Gasteiger partial charge is 0.174 e. The third-order valence-electron chi connectivity index (χ3n) is 3.31. The second kappa shape index (κ2) is 4.96. The summed E-state index contributed by atoms with van der Waals surface area (Å²) in [6.45, 7) is 0.456. The Labute approximate surface area is 114 Å². The van der Waals surface area contributed by atoms with Gasteiger partial charge in [-0.05, 0) is 25.0 Å². The topological polar surface area (TPSA) is 43.4 Å². The number of benzene rings is 1. The van der Waals surface area contributed by atoms with Gasteiger partial charge in [-0.15, -0.1) is 11.8 Å². The Morgan fingerprint density at radius 3 is 2.89 bits per heavy atom. The van der Waals surface area contributed by atoms with E-state index in [9.17, 15) is 14.0 Å². The number of carbonyl (C=O) groups is 2. The van der Waals surface area contributed by atoms with E-state index in [0.29, 0.717) is 28.6 Å². The predicted octanol–water partition coefficient (Wildman–Crippen LogP) is 2.86. The summed E-state index contributed by atoms with van der Waals surface area (Å²) in [6, 6.07) is 2.69. The number of ether oxygens (including phenoxy) is 1. The molecule has 100 valence electrons. The van der Waals surface area contributed by atoms with Crippen LogP contribution in [0.5, 0.6) is 5.75 Å². The van der Waals surface area contributed by atoms with Crippen molar-refractivity contribution in [1.82, 2.24) is 0 Å². The van der Waals surface area contributed by atoms with Gasteiger partial charge in [-0.25, -0.2) is 4.39 Å². The zero-order valence-electron chi connectivity index (χ0n) is 10.3. The third-order valence-corrected chi connectivity index (χ3v) is 4.35. The zero-order chi connectivity index (χ0) is 13.4. The highest BCUT2D eigenvalue weighted by atomic mass is 32.2. The molecule has 1 aromatic carbocycles. The van der Waals surface area contributed by atoms with E-state index in [4.69, 9.17) is 4.74 Å². The first kappa shape index (κ1) is 12.7. The zero-order valence-corrected chi connectivity index (χ0v) is 11.1. The maximum absolute atomic E-state index is 13.6. The molecule has 1 aliphatic carbocycles. The van der Waals surface area contributed by atoms with Crippen LogP contribution in [0.4, 0.5) is 4.39 Å². The Morgan fingerprint density at radius 2 is 2.16 bits per heavy atom. The summed E-state index contributed by atoms with van der Waals surface area (Å²) in [5.41, 5.74) is 0.331. The molecule has 0 unspecified atom stereocenters. The van der Waals surface area contributed by atoms with E-state index in [0.717, 1.165) is 12.8 Å². The van der Waals surface area contributed by atoms with Crippen LogP contribution in [0.2, 0.25) is 0 Å². The average molecular weight is 280 g/mol. The molecule has 2 aliphatic rings. The summed E-state index contributed by atoms with van der Waals surface area (Å²) < 4.78 is 19.1. The number of halogens is 1. The molecule has 3 nitrogen and oxygen atoms in total. The molecule has 0 saturated heterocycles. The van der Waals surface area contributed by atoms with Gasteiger partial charge in [0.25, 0.3) is 0 Å². The van der Waals surface area contributed by atoms with E-state index in [2.05, 4.69) is 0 Å². The van der Waals surface area contributed by atoms with Crippen LogP contribution >= 0.6 is 11.8 Å². The summed E-state index contributed by atoms with van der Waals surface area (Å²) in [7, 11) is 0. The summed E-state index contributed by atoms with van der Waals surface area (Å²) >= 11 is 1.35. The van der Waals surface area contributed by atoms with Crippen molar-refractivity contribution in [3.8, 4) is 5.75 Å². The van der Waals surface area contributed by atoms with Crippen LogP contribution in [-0.4, -0.2) is 23.9 Å². The Morgan fingerprint density at radius 1 is 1.37 bits per heavy atom. The van der Waals surface area contributed by atoms with E-state index in [1.165, 1.54) is 23.9 Å². The van der Waals surface area contributed by atoms with Gasteiger partial charge in [0.05, 0.1) is 23.5 Å². The van der Waals surface area contributed by atoms with Crippen molar-refractivity contribution in [3.63, 3.8) is 0 Å². The van der Waals surface area contributed by atoms with Gasteiger partial charge < -0.3 is 4.74 Å². The maximum atomic E-state index is 13.6. The number of carbonyl (C=O) groups excluding carboxylic acids is 2. The molecule has 5 heteroatoms. The molecular weight excluding hydrogens is 267 g/mol. The molecule has 0 amide bonds. The Hall–Kier alpha value is -1.36. The first-order chi connectivity index (χ1) is 9.16. The lowest BCUT2D eigenvalue weighted by Gasteiger charge is -2.19. The van der Waals surface area contributed by atoms with Crippen LogP contribution in [-0.2, 0) is 4.79 Å². The molecule has 0 bridgehead atoms. The molecule has 1 aromatic rings. The van der Waals surface area contributed by atoms with Crippen LogP contribution in [0, 0.1) is 11.7 Å². The number of fused-ring (bicyclic) bond motifs is 1. The highest BCUT2D eigenvalue weighted by Crippen LogP contribution is 2.39. The fourth-order valence-electron chi connectivity index (χ4n) is 2.13. The first-order valence-corrected chi connectivity index (χ1v) is 7.29. The van der Waals surface area contributed by atoms with Gasteiger partial charge in [0.2, 0.25) is 0 Å². The molecule has 19 heavy (non-hydrogen) atoms. The van der Waals surface area contributed by atoms with Gasteiger partial charge in [-0.3, -0.25) is 9.59 Å². The molecule has 1 fully saturated rings.